The molecule has 1 N–H and O–H groups in total. The van der Waals surface area contributed by atoms with E-state index >= 15 is 0 Å². The minimum atomic E-state index is -0.348. The molecule has 3 amide bonds. The molecule has 0 radical (unpaired) electrons. The number of methoxy groups -OCH3 is 2. The van der Waals surface area contributed by atoms with Crippen molar-refractivity contribution in [3.05, 3.63) is 66.0 Å². The zero-order valence-electron chi connectivity index (χ0n) is 23.1. The van der Waals surface area contributed by atoms with Gasteiger partial charge in [0.15, 0.2) is 17.3 Å². The van der Waals surface area contributed by atoms with Crippen molar-refractivity contribution in [2.24, 2.45) is 0 Å². The SMILES string of the molecule is CCNC(=O)N(CC(=O)N1CCCN(c2ccc(-c3ccc(OC)c(OC)c3)nn2)CC1)Cc1ccc(F)cc1. The van der Waals surface area contributed by atoms with Crippen molar-refractivity contribution >= 4 is 17.8 Å². The highest BCUT2D eigenvalue weighted by Gasteiger charge is 2.24. The first-order valence-electron chi connectivity index (χ1n) is 13.3. The molecule has 1 aliphatic heterocycles. The maximum atomic E-state index is 13.3. The van der Waals surface area contributed by atoms with E-state index in [1.54, 1.807) is 31.3 Å². The van der Waals surface area contributed by atoms with E-state index in [9.17, 15) is 14.0 Å². The van der Waals surface area contributed by atoms with Crippen LogP contribution in [0.4, 0.5) is 15.0 Å². The van der Waals surface area contributed by atoms with Crippen LogP contribution in [0.25, 0.3) is 11.3 Å². The number of anilines is 1. The monoisotopic (exact) mass is 550 g/mol. The van der Waals surface area contributed by atoms with E-state index in [1.807, 2.05) is 37.3 Å². The largest absolute Gasteiger partial charge is 0.493 e. The molecule has 1 saturated heterocycles. The van der Waals surface area contributed by atoms with Crippen LogP contribution < -0.4 is 19.7 Å². The number of nitrogens with zero attached hydrogens (tertiary/aromatic N) is 5. The lowest BCUT2D eigenvalue weighted by molar-refractivity contribution is -0.131. The maximum absolute atomic E-state index is 13.3. The number of ether oxygens (including phenoxy) is 2. The number of halogens is 1. The standard InChI is InChI=1S/C29H35FN6O4/c1-4-31-29(38)36(19-21-6-9-23(30)10-7-21)20-28(37)35-15-5-14-34(16-17-35)27-13-11-24(32-33-27)22-8-12-25(39-2)26(18-22)40-3/h6-13,18H,4-5,14-17,19-20H2,1-3H3,(H,31,38). The molecule has 3 aromatic rings. The van der Waals surface area contributed by atoms with Gasteiger partial charge >= 0.3 is 6.03 Å². The van der Waals surface area contributed by atoms with Crippen LogP contribution in [0.2, 0.25) is 0 Å². The zero-order chi connectivity index (χ0) is 28.5. The third-order valence-electron chi connectivity index (χ3n) is 6.73. The predicted molar refractivity (Wildman–Crippen MR) is 150 cm³/mol. The molecular formula is C29H35FN6O4. The molecule has 4 rings (SSSR count). The van der Waals surface area contributed by atoms with Crippen LogP contribution in [-0.4, -0.2) is 85.4 Å². The van der Waals surface area contributed by atoms with Gasteiger partial charge in [0.25, 0.3) is 0 Å². The van der Waals surface area contributed by atoms with Crippen molar-refractivity contribution in [3.8, 4) is 22.8 Å². The fourth-order valence-corrected chi connectivity index (χ4v) is 4.58. The van der Waals surface area contributed by atoms with Crippen LogP contribution in [0.5, 0.6) is 11.5 Å². The number of hydrogen-bond donors (Lipinski definition) is 1. The Morgan fingerprint density at radius 2 is 1.73 bits per heavy atom. The molecule has 1 aliphatic rings. The smallest absolute Gasteiger partial charge is 0.318 e. The van der Waals surface area contributed by atoms with Crippen molar-refractivity contribution in [2.75, 3.05) is 58.4 Å². The van der Waals surface area contributed by atoms with Crippen molar-refractivity contribution in [2.45, 2.75) is 19.9 Å². The third kappa shape index (κ3) is 7.16. The first-order valence-corrected chi connectivity index (χ1v) is 13.3. The van der Waals surface area contributed by atoms with E-state index in [2.05, 4.69) is 20.4 Å². The fourth-order valence-electron chi connectivity index (χ4n) is 4.58. The van der Waals surface area contributed by atoms with Crippen LogP contribution in [-0.2, 0) is 11.3 Å². The van der Waals surface area contributed by atoms with E-state index in [-0.39, 0.29) is 30.8 Å². The summed E-state index contributed by atoms with van der Waals surface area (Å²) in [5.41, 5.74) is 2.32. The van der Waals surface area contributed by atoms with E-state index < -0.39 is 0 Å². The average molecular weight is 551 g/mol. The van der Waals surface area contributed by atoms with E-state index in [0.29, 0.717) is 43.4 Å². The minimum Gasteiger partial charge on any atom is -0.493 e. The predicted octanol–water partition coefficient (Wildman–Crippen LogP) is 3.57. The van der Waals surface area contributed by atoms with Gasteiger partial charge in [-0.1, -0.05) is 12.1 Å². The Labute approximate surface area is 233 Å². The van der Waals surface area contributed by atoms with Gasteiger partial charge in [0.05, 0.1) is 19.9 Å². The highest BCUT2D eigenvalue weighted by atomic mass is 19.1. The summed E-state index contributed by atoms with van der Waals surface area (Å²) in [4.78, 5) is 31.3. The molecule has 11 heteroatoms. The van der Waals surface area contributed by atoms with Crippen LogP contribution in [0.1, 0.15) is 18.9 Å². The van der Waals surface area contributed by atoms with E-state index in [0.717, 1.165) is 29.9 Å². The van der Waals surface area contributed by atoms with Crippen molar-refractivity contribution < 1.29 is 23.5 Å². The minimum absolute atomic E-state index is 0.0664. The quantitative estimate of drug-likeness (QED) is 0.435. The Morgan fingerprint density at radius 1 is 0.950 bits per heavy atom. The number of amides is 3. The van der Waals surface area contributed by atoms with Crippen molar-refractivity contribution in [3.63, 3.8) is 0 Å². The Balaban J connectivity index is 1.38. The number of benzene rings is 2. The summed E-state index contributed by atoms with van der Waals surface area (Å²) in [6.07, 6.45) is 0.754. The van der Waals surface area contributed by atoms with Gasteiger partial charge in [0.1, 0.15) is 12.4 Å². The summed E-state index contributed by atoms with van der Waals surface area (Å²) in [5, 5.41) is 11.6. The van der Waals surface area contributed by atoms with Gasteiger partial charge in [-0.2, -0.15) is 0 Å². The Morgan fingerprint density at radius 3 is 2.40 bits per heavy atom. The molecule has 10 nitrogen and oxygen atoms in total. The molecule has 0 aliphatic carbocycles. The molecule has 0 spiro atoms. The molecule has 40 heavy (non-hydrogen) atoms. The van der Waals surface area contributed by atoms with Crippen molar-refractivity contribution in [1.82, 2.24) is 25.3 Å². The van der Waals surface area contributed by atoms with Gasteiger partial charge in [-0.3, -0.25) is 4.79 Å². The molecule has 0 bridgehead atoms. The lowest BCUT2D eigenvalue weighted by Crippen LogP contribution is -2.47. The summed E-state index contributed by atoms with van der Waals surface area (Å²) in [6, 6.07) is 15.0. The van der Waals surface area contributed by atoms with Crippen LogP contribution in [0, 0.1) is 5.82 Å². The van der Waals surface area contributed by atoms with Gasteiger partial charge in [-0.05, 0) is 61.4 Å². The molecule has 1 aromatic heterocycles. The number of nitrogens with one attached hydrogen (secondary N) is 1. The number of hydrogen-bond acceptors (Lipinski definition) is 7. The number of urea groups is 1. The summed E-state index contributed by atoms with van der Waals surface area (Å²) >= 11 is 0. The van der Waals surface area contributed by atoms with Crippen molar-refractivity contribution in [1.29, 1.82) is 0 Å². The van der Waals surface area contributed by atoms with Crippen LogP contribution >= 0.6 is 0 Å². The summed E-state index contributed by atoms with van der Waals surface area (Å²) in [5.74, 6) is 1.51. The van der Waals surface area contributed by atoms with Crippen LogP contribution in [0.3, 0.4) is 0 Å². The lowest BCUT2D eigenvalue weighted by atomic mass is 10.1. The third-order valence-corrected chi connectivity index (χ3v) is 6.73. The topological polar surface area (TPSA) is 100 Å². The average Bonchev–Trinajstić information content (AvgIpc) is 3.24. The zero-order valence-corrected chi connectivity index (χ0v) is 23.1. The molecule has 0 saturated carbocycles. The first kappa shape index (κ1) is 28.6. The number of aromatic nitrogens is 2. The number of carbonyl (C=O) groups excluding carboxylic acids is 2. The fraction of sp³-hybridized carbons (Fsp3) is 0.379. The van der Waals surface area contributed by atoms with E-state index in [4.69, 9.17) is 9.47 Å². The molecule has 0 unspecified atom stereocenters. The first-order chi connectivity index (χ1) is 19.4. The second-order valence-electron chi connectivity index (χ2n) is 9.39. The Kier molecular flexibility index (Phi) is 9.71. The Hall–Kier alpha value is -4.41. The van der Waals surface area contributed by atoms with Gasteiger partial charge in [0, 0.05) is 44.8 Å². The lowest BCUT2D eigenvalue weighted by Gasteiger charge is -2.27. The highest BCUT2D eigenvalue weighted by Crippen LogP contribution is 2.31. The number of rotatable bonds is 9. The Bertz CT molecular complexity index is 1290. The van der Waals surface area contributed by atoms with Gasteiger partial charge in [-0.15, -0.1) is 10.2 Å². The summed E-state index contributed by atoms with van der Waals surface area (Å²) < 4.78 is 24.0. The van der Waals surface area contributed by atoms with Crippen LogP contribution in [0.15, 0.2) is 54.6 Å². The maximum Gasteiger partial charge on any atom is 0.318 e. The summed E-state index contributed by atoms with van der Waals surface area (Å²) in [7, 11) is 3.18. The molecule has 0 atom stereocenters. The van der Waals surface area contributed by atoms with Gasteiger partial charge in [-0.25, -0.2) is 9.18 Å². The number of carbonyl (C=O) groups is 2. The summed E-state index contributed by atoms with van der Waals surface area (Å²) in [6.45, 7) is 4.80. The second-order valence-corrected chi connectivity index (χ2v) is 9.39. The molecular weight excluding hydrogens is 515 g/mol. The van der Waals surface area contributed by atoms with Gasteiger partial charge in [0.2, 0.25) is 5.91 Å². The highest BCUT2D eigenvalue weighted by molar-refractivity contribution is 5.84. The molecule has 2 heterocycles. The molecule has 2 aromatic carbocycles. The normalized spacial score (nSPS) is 13.4. The van der Waals surface area contributed by atoms with Gasteiger partial charge < -0.3 is 29.5 Å². The molecule has 212 valence electrons. The second kappa shape index (κ2) is 13.6. The van der Waals surface area contributed by atoms with E-state index in [1.165, 1.54) is 17.0 Å². The molecule has 1 fully saturated rings.